The summed E-state index contributed by atoms with van der Waals surface area (Å²) >= 11 is 0. The predicted octanol–water partition coefficient (Wildman–Crippen LogP) is 3.42. The van der Waals surface area contributed by atoms with E-state index >= 15 is 0 Å². The van der Waals surface area contributed by atoms with Crippen molar-refractivity contribution in [3.05, 3.63) is 59.2 Å². The Labute approximate surface area is 174 Å². The van der Waals surface area contributed by atoms with Crippen LogP contribution in [-0.4, -0.2) is 46.4 Å². The van der Waals surface area contributed by atoms with Gasteiger partial charge in [0.15, 0.2) is 0 Å². The first-order chi connectivity index (χ1) is 13.4. The first-order valence-corrected chi connectivity index (χ1v) is 11.0. The summed E-state index contributed by atoms with van der Waals surface area (Å²) < 4.78 is 28.5. The number of hydrogen-bond acceptors (Lipinski definition) is 4. The number of sulfonamides is 1. The zero-order valence-corrected chi connectivity index (χ0v) is 18.9. The maximum atomic E-state index is 12.9. The van der Waals surface area contributed by atoms with E-state index in [4.69, 9.17) is 0 Å². The second kappa shape index (κ2) is 8.97. The topological polar surface area (TPSA) is 78.5 Å². The maximum Gasteiger partial charge on any atom is 0.262 e. The Balaban J connectivity index is 2.24. The number of nitrogens with zero attached hydrogens (tertiary/aromatic N) is 1. The van der Waals surface area contributed by atoms with Crippen LogP contribution >= 0.6 is 0 Å². The van der Waals surface area contributed by atoms with Gasteiger partial charge in [-0.15, -0.1) is 0 Å². The molecule has 7 heteroatoms. The molecule has 0 aliphatic carbocycles. The molecule has 0 saturated heterocycles. The van der Waals surface area contributed by atoms with Crippen molar-refractivity contribution in [2.24, 2.45) is 5.41 Å². The number of anilines is 1. The number of amides is 1. The zero-order valence-electron chi connectivity index (χ0n) is 18.0. The third-order valence-electron chi connectivity index (χ3n) is 4.52. The number of nitrogens with one attached hydrogen (secondary N) is 2. The molecular weight excluding hydrogens is 386 g/mol. The molecule has 6 nitrogen and oxygen atoms in total. The Bertz CT molecular complexity index is 983. The fourth-order valence-electron chi connectivity index (χ4n) is 3.29. The number of hydrogen-bond donors (Lipinski definition) is 2. The summed E-state index contributed by atoms with van der Waals surface area (Å²) in [6.45, 7) is 9.02. The summed E-state index contributed by atoms with van der Waals surface area (Å²) in [6, 6.07) is 11.9. The minimum absolute atomic E-state index is 0.119. The molecule has 2 aromatic rings. The molecule has 2 rings (SSSR count). The molecule has 0 unspecified atom stereocenters. The molecule has 1 amide bonds. The summed E-state index contributed by atoms with van der Waals surface area (Å²) in [6.07, 6.45) is 0. The summed E-state index contributed by atoms with van der Waals surface area (Å²) in [5.41, 5.74) is 1.94. The fourth-order valence-corrected chi connectivity index (χ4v) is 4.70. The van der Waals surface area contributed by atoms with Crippen LogP contribution in [0, 0.1) is 19.3 Å². The lowest BCUT2D eigenvalue weighted by Crippen LogP contribution is -2.40. The SMILES string of the molecule is Cc1ccc(C)c(S(=O)(=O)Nc2ccccc2C(=O)NCC(C)(C)CN(C)C)c1. The van der Waals surface area contributed by atoms with Crippen molar-refractivity contribution in [1.82, 2.24) is 10.2 Å². The molecule has 0 aromatic heterocycles. The predicted molar refractivity (Wildman–Crippen MR) is 118 cm³/mol. The van der Waals surface area contributed by atoms with E-state index in [1.54, 1.807) is 43.3 Å². The third-order valence-corrected chi connectivity index (χ3v) is 6.03. The largest absolute Gasteiger partial charge is 0.351 e. The quantitative estimate of drug-likeness (QED) is 0.690. The average Bonchev–Trinajstić information content (AvgIpc) is 2.61. The number of aryl methyl sites for hydroxylation is 2. The van der Waals surface area contributed by atoms with Crippen LogP contribution in [0.15, 0.2) is 47.4 Å². The average molecular weight is 418 g/mol. The van der Waals surface area contributed by atoms with E-state index < -0.39 is 10.0 Å². The van der Waals surface area contributed by atoms with Crippen LogP contribution in [0.1, 0.15) is 35.3 Å². The molecule has 29 heavy (non-hydrogen) atoms. The molecular formula is C22H31N3O3S. The van der Waals surface area contributed by atoms with Gasteiger partial charge in [0, 0.05) is 13.1 Å². The molecule has 0 aliphatic heterocycles. The van der Waals surface area contributed by atoms with Crippen LogP contribution in [0.2, 0.25) is 0 Å². The zero-order chi connectivity index (χ0) is 21.8. The third kappa shape index (κ3) is 6.30. The smallest absolute Gasteiger partial charge is 0.262 e. The van der Waals surface area contributed by atoms with Gasteiger partial charge in [-0.25, -0.2) is 8.42 Å². The van der Waals surface area contributed by atoms with Gasteiger partial charge < -0.3 is 10.2 Å². The van der Waals surface area contributed by atoms with Gasteiger partial charge in [-0.05, 0) is 62.7 Å². The lowest BCUT2D eigenvalue weighted by molar-refractivity contribution is 0.0930. The van der Waals surface area contributed by atoms with Crippen molar-refractivity contribution < 1.29 is 13.2 Å². The van der Waals surface area contributed by atoms with Gasteiger partial charge in [0.2, 0.25) is 0 Å². The summed E-state index contributed by atoms with van der Waals surface area (Å²) in [4.78, 5) is 15.1. The van der Waals surface area contributed by atoms with E-state index in [0.717, 1.165) is 12.1 Å². The molecule has 0 spiro atoms. The van der Waals surface area contributed by atoms with Crippen molar-refractivity contribution >= 4 is 21.6 Å². The highest BCUT2D eigenvalue weighted by Gasteiger charge is 2.23. The Morgan fingerprint density at radius 2 is 1.72 bits per heavy atom. The van der Waals surface area contributed by atoms with Crippen LogP contribution in [0.3, 0.4) is 0 Å². The van der Waals surface area contributed by atoms with E-state index in [1.807, 2.05) is 27.1 Å². The Morgan fingerprint density at radius 1 is 1.07 bits per heavy atom. The minimum Gasteiger partial charge on any atom is -0.351 e. The van der Waals surface area contributed by atoms with Gasteiger partial charge in [-0.2, -0.15) is 0 Å². The first-order valence-electron chi connectivity index (χ1n) is 9.53. The van der Waals surface area contributed by atoms with Crippen molar-refractivity contribution in [1.29, 1.82) is 0 Å². The molecule has 2 aromatic carbocycles. The van der Waals surface area contributed by atoms with Crippen LogP contribution in [0.5, 0.6) is 0 Å². The van der Waals surface area contributed by atoms with Gasteiger partial charge in [0.1, 0.15) is 0 Å². The van der Waals surface area contributed by atoms with E-state index in [9.17, 15) is 13.2 Å². The lowest BCUT2D eigenvalue weighted by atomic mass is 9.93. The minimum atomic E-state index is -3.82. The number of carbonyl (C=O) groups is 1. The van der Waals surface area contributed by atoms with E-state index in [2.05, 4.69) is 28.8 Å². The van der Waals surface area contributed by atoms with E-state index in [-0.39, 0.29) is 21.9 Å². The van der Waals surface area contributed by atoms with Crippen LogP contribution in [0.25, 0.3) is 0 Å². The Hall–Kier alpha value is -2.38. The molecule has 158 valence electrons. The second-order valence-corrected chi connectivity index (χ2v) is 10.2. The van der Waals surface area contributed by atoms with Gasteiger partial charge in [-0.1, -0.05) is 38.1 Å². The van der Waals surface area contributed by atoms with Crippen LogP contribution in [0.4, 0.5) is 5.69 Å². The number of rotatable bonds is 8. The Morgan fingerprint density at radius 3 is 2.38 bits per heavy atom. The summed E-state index contributed by atoms with van der Waals surface area (Å²) in [5, 5.41) is 2.93. The highest BCUT2D eigenvalue weighted by atomic mass is 32.2. The van der Waals surface area contributed by atoms with Crippen molar-refractivity contribution in [2.45, 2.75) is 32.6 Å². The van der Waals surface area contributed by atoms with Crippen molar-refractivity contribution in [2.75, 3.05) is 31.9 Å². The molecule has 0 atom stereocenters. The van der Waals surface area contributed by atoms with Crippen LogP contribution in [-0.2, 0) is 10.0 Å². The highest BCUT2D eigenvalue weighted by molar-refractivity contribution is 7.92. The van der Waals surface area contributed by atoms with Crippen molar-refractivity contribution in [3.8, 4) is 0 Å². The molecule has 0 heterocycles. The summed E-state index contributed by atoms with van der Waals surface area (Å²) in [5.74, 6) is -0.309. The normalized spacial score (nSPS) is 12.1. The van der Waals surface area contributed by atoms with Gasteiger partial charge in [-0.3, -0.25) is 9.52 Å². The molecule has 0 fully saturated rings. The summed E-state index contributed by atoms with van der Waals surface area (Å²) in [7, 11) is 0.156. The lowest BCUT2D eigenvalue weighted by Gasteiger charge is -2.28. The second-order valence-electron chi connectivity index (χ2n) is 8.50. The fraction of sp³-hybridized carbons (Fsp3) is 0.409. The monoisotopic (exact) mass is 417 g/mol. The molecule has 2 N–H and O–H groups in total. The van der Waals surface area contributed by atoms with Gasteiger partial charge in [0.25, 0.3) is 15.9 Å². The molecule has 0 bridgehead atoms. The first kappa shape index (κ1) is 22.9. The van der Waals surface area contributed by atoms with Gasteiger partial charge >= 0.3 is 0 Å². The highest BCUT2D eigenvalue weighted by Crippen LogP contribution is 2.23. The van der Waals surface area contributed by atoms with E-state index in [1.165, 1.54) is 0 Å². The van der Waals surface area contributed by atoms with Crippen LogP contribution < -0.4 is 10.0 Å². The maximum absolute atomic E-state index is 12.9. The van der Waals surface area contributed by atoms with E-state index in [0.29, 0.717) is 17.7 Å². The van der Waals surface area contributed by atoms with Crippen molar-refractivity contribution in [3.63, 3.8) is 0 Å². The molecule has 0 saturated carbocycles. The number of benzene rings is 2. The molecule has 0 radical (unpaired) electrons. The number of carbonyl (C=O) groups excluding carboxylic acids is 1. The number of para-hydroxylation sites is 1. The Kier molecular flexibility index (Phi) is 7.08. The van der Waals surface area contributed by atoms with Gasteiger partial charge in [0.05, 0.1) is 16.1 Å². The molecule has 0 aliphatic rings. The standard InChI is InChI=1S/C22H31N3O3S/c1-16-11-12-17(2)20(13-16)29(27,28)24-19-10-8-7-9-18(19)21(26)23-14-22(3,4)15-25(5)6/h7-13,24H,14-15H2,1-6H3,(H,23,26).